The van der Waals surface area contributed by atoms with Gasteiger partial charge in [-0.05, 0) is 35.2 Å². The maximum atomic E-state index is 12.2. The van der Waals surface area contributed by atoms with Crippen LogP contribution in [0.25, 0.3) is 10.9 Å². The molecule has 3 rings (SSSR count). The number of carbonyl (C=O) groups is 1. The van der Waals surface area contributed by atoms with Crippen LogP contribution >= 0.6 is 0 Å². The minimum atomic E-state index is 0.00190. The smallest absolute Gasteiger partial charge is 0.228 e. The SMILES string of the molecule is CC(C)c1ccc(NC(=O)Cc2c[nH]c3ccccc23)cc1. The Labute approximate surface area is 130 Å². The molecule has 3 nitrogen and oxygen atoms in total. The first-order chi connectivity index (χ1) is 10.6. The van der Waals surface area contributed by atoms with E-state index in [1.165, 1.54) is 5.56 Å². The third-order valence-corrected chi connectivity index (χ3v) is 3.89. The van der Waals surface area contributed by atoms with Crippen molar-refractivity contribution in [1.29, 1.82) is 0 Å². The van der Waals surface area contributed by atoms with E-state index in [2.05, 4.69) is 36.3 Å². The van der Waals surface area contributed by atoms with Crippen molar-refractivity contribution >= 4 is 22.5 Å². The van der Waals surface area contributed by atoms with Crippen LogP contribution in [0.5, 0.6) is 0 Å². The van der Waals surface area contributed by atoms with Crippen molar-refractivity contribution in [3.05, 3.63) is 65.9 Å². The molecule has 0 aliphatic heterocycles. The van der Waals surface area contributed by atoms with E-state index in [1.54, 1.807) is 0 Å². The van der Waals surface area contributed by atoms with E-state index in [9.17, 15) is 4.79 Å². The maximum Gasteiger partial charge on any atom is 0.228 e. The average Bonchev–Trinajstić information content (AvgIpc) is 2.91. The van der Waals surface area contributed by atoms with Crippen LogP contribution in [0.4, 0.5) is 5.69 Å². The Hall–Kier alpha value is -2.55. The first-order valence-corrected chi connectivity index (χ1v) is 7.58. The summed E-state index contributed by atoms with van der Waals surface area (Å²) < 4.78 is 0. The predicted molar refractivity (Wildman–Crippen MR) is 91.2 cm³/mol. The number of fused-ring (bicyclic) bond motifs is 1. The standard InChI is InChI=1S/C19H20N2O/c1-13(2)14-7-9-16(10-8-14)21-19(22)11-15-12-20-18-6-4-3-5-17(15)18/h3-10,12-13,20H,11H2,1-2H3,(H,21,22). The summed E-state index contributed by atoms with van der Waals surface area (Å²) in [6, 6.07) is 16.1. The van der Waals surface area contributed by atoms with Gasteiger partial charge in [0.25, 0.3) is 0 Å². The molecule has 0 aliphatic carbocycles. The highest BCUT2D eigenvalue weighted by molar-refractivity contribution is 5.95. The van der Waals surface area contributed by atoms with Crippen LogP contribution in [-0.2, 0) is 11.2 Å². The minimum Gasteiger partial charge on any atom is -0.361 e. The number of para-hydroxylation sites is 1. The number of nitrogens with one attached hydrogen (secondary N) is 2. The monoisotopic (exact) mass is 292 g/mol. The highest BCUT2D eigenvalue weighted by atomic mass is 16.1. The number of benzene rings is 2. The number of hydrogen-bond acceptors (Lipinski definition) is 1. The van der Waals surface area contributed by atoms with Gasteiger partial charge in [0.15, 0.2) is 0 Å². The Balaban J connectivity index is 1.69. The van der Waals surface area contributed by atoms with E-state index in [0.717, 1.165) is 22.2 Å². The van der Waals surface area contributed by atoms with E-state index < -0.39 is 0 Å². The van der Waals surface area contributed by atoms with Gasteiger partial charge in [-0.15, -0.1) is 0 Å². The predicted octanol–water partition coefficient (Wildman–Crippen LogP) is 4.47. The molecule has 3 aromatic rings. The highest BCUT2D eigenvalue weighted by Gasteiger charge is 2.09. The summed E-state index contributed by atoms with van der Waals surface area (Å²) >= 11 is 0. The molecule has 112 valence electrons. The van der Waals surface area contributed by atoms with Crippen molar-refractivity contribution in [2.75, 3.05) is 5.32 Å². The number of anilines is 1. The first-order valence-electron chi connectivity index (χ1n) is 7.58. The summed E-state index contributed by atoms with van der Waals surface area (Å²) in [5, 5.41) is 4.06. The number of aromatic amines is 1. The van der Waals surface area contributed by atoms with Gasteiger partial charge in [-0.3, -0.25) is 4.79 Å². The summed E-state index contributed by atoms with van der Waals surface area (Å²) in [4.78, 5) is 15.4. The number of amides is 1. The lowest BCUT2D eigenvalue weighted by molar-refractivity contribution is -0.115. The van der Waals surface area contributed by atoms with Crippen LogP contribution in [0.3, 0.4) is 0 Å². The number of rotatable bonds is 4. The van der Waals surface area contributed by atoms with Crippen LogP contribution in [-0.4, -0.2) is 10.9 Å². The zero-order valence-electron chi connectivity index (χ0n) is 12.9. The molecule has 0 unspecified atom stereocenters. The fourth-order valence-electron chi connectivity index (χ4n) is 2.61. The van der Waals surface area contributed by atoms with Gasteiger partial charge in [-0.1, -0.05) is 44.2 Å². The van der Waals surface area contributed by atoms with Crippen molar-refractivity contribution in [2.45, 2.75) is 26.2 Å². The quantitative estimate of drug-likeness (QED) is 0.732. The van der Waals surface area contributed by atoms with Gasteiger partial charge < -0.3 is 10.3 Å². The fourth-order valence-corrected chi connectivity index (χ4v) is 2.61. The summed E-state index contributed by atoms with van der Waals surface area (Å²) in [5.41, 5.74) is 4.20. The summed E-state index contributed by atoms with van der Waals surface area (Å²) in [7, 11) is 0. The van der Waals surface area contributed by atoms with E-state index >= 15 is 0 Å². The zero-order chi connectivity index (χ0) is 15.5. The molecular weight excluding hydrogens is 272 g/mol. The van der Waals surface area contributed by atoms with Crippen LogP contribution in [0.2, 0.25) is 0 Å². The van der Waals surface area contributed by atoms with Crippen LogP contribution in [0, 0.1) is 0 Å². The summed E-state index contributed by atoms with van der Waals surface area (Å²) in [5.74, 6) is 0.498. The van der Waals surface area contributed by atoms with Crippen molar-refractivity contribution in [2.24, 2.45) is 0 Å². The van der Waals surface area contributed by atoms with Crippen molar-refractivity contribution in [3.63, 3.8) is 0 Å². The molecule has 0 atom stereocenters. The Morgan fingerprint density at radius 1 is 1.09 bits per heavy atom. The number of hydrogen-bond donors (Lipinski definition) is 2. The van der Waals surface area contributed by atoms with Crippen molar-refractivity contribution in [3.8, 4) is 0 Å². The van der Waals surface area contributed by atoms with Crippen LogP contribution in [0.15, 0.2) is 54.7 Å². The van der Waals surface area contributed by atoms with Gasteiger partial charge in [0, 0.05) is 22.8 Å². The maximum absolute atomic E-state index is 12.2. The van der Waals surface area contributed by atoms with Gasteiger partial charge in [0.2, 0.25) is 5.91 Å². The molecule has 1 heterocycles. The molecule has 0 radical (unpaired) electrons. The zero-order valence-corrected chi connectivity index (χ0v) is 12.9. The Morgan fingerprint density at radius 2 is 1.82 bits per heavy atom. The average molecular weight is 292 g/mol. The molecule has 0 aliphatic rings. The Bertz CT molecular complexity index is 785. The topological polar surface area (TPSA) is 44.9 Å². The normalized spacial score (nSPS) is 11.0. The Morgan fingerprint density at radius 3 is 2.55 bits per heavy atom. The second-order valence-corrected chi connectivity index (χ2v) is 5.86. The van der Waals surface area contributed by atoms with Crippen LogP contribution in [0.1, 0.15) is 30.9 Å². The van der Waals surface area contributed by atoms with Gasteiger partial charge >= 0.3 is 0 Å². The third kappa shape index (κ3) is 3.03. The minimum absolute atomic E-state index is 0.00190. The third-order valence-electron chi connectivity index (χ3n) is 3.89. The highest BCUT2D eigenvalue weighted by Crippen LogP contribution is 2.20. The van der Waals surface area contributed by atoms with E-state index in [0.29, 0.717) is 12.3 Å². The van der Waals surface area contributed by atoms with Crippen LogP contribution < -0.4 is 5.32 Å². The first kappa shape index (κ1) is 14.4. The second kappa shape index (κ2) is 6.06. The van der Waals surface area contributed by atoms with Gasteiger partial charge in [-0.2, -0.15) is 0 Å². The van der Waals surface area contributed by atoms with Gasteiger partial charge in [0.05, 0.1) is 6.42 Å². The molecule has 0 fully saturated rings. The molecule has 2 N–H and O–H groups in total. The molecule has 0 saturated carbocycles. The molecule has 2 aromatic carbocycles. The lowest BCUT2D eigenvalue weighted by Crippen LogP contribution is -2.14. The molecule has 1 aromatic heterocycles. The van der Waals surface area contributed by atoms with Crippen molar-refractivity contribution < 1.29 is 4.79 Å². The van der Waals surface area contributed by atoms with E-state index in [-0.39, 0.29) is 5.91 Å². The molecule has 22 heavy (non-hydrogen) atoms. The number of aromatic nitrogens is 1. The van der Waals surface area contributed by atoms with Gasteiger partial charge in [-0.25, -0.2) is 0 Å². The Kier molecular flexibility index (Phi) is 3.96. The van der Waals surface area contributed by atoms with Gasteiger partial charge in [0.1, 0.15) is 0 Å². The fraction of sp³-hybridized carbons (Fsp3) is 0.211. The summed E-state index contributed by atoms with van der Waals surface area (Å²) in [6.07, 6.45) is 2.28. The number of H-pyrrole nitrogens is 1. The molecule has 0 bridgehead atoms. The lowest BCUT2D eigenvalue weighted by atomic mass is 10.0. The number of carbonyl (C=O) groups excluding carboxylic acids is 1. The van der Waals surface area contributed by atoms with E-state index in [4.69, 9.17) is 0 Å². The summed E-state index contributed by atoms with van der Waals surface area (Å²) in [6.45, 7) is 4.31. The van der Waals surface area contributed by atoms with Crippen molar-refractivity contribution in [1.82, 2.24) is 4.98 Å². The molecule has 0 saturated heterocycles. The molecule has 3 heteroatoms. The largest absolute Gasteiger partial charge is 0.361 e. The second-order valence-electron chi connectivity index (χ2n) is 5.86. The molecule has 0 spiro atoms. The van der Waals surface area contributed by atoms with E-state index in [1.807, 2.05) is 42.6 Å². The lowest BCUT2D eigenvalue weighted by Gasteiger charge is -2.08. The molecular formula is C19H20N2O. The molecule has 1 amide bonds.